The van der Waals surface area contributed by atoms with Gasteiger partial charge in [0, 0.05) is 6.54 Å². The van der Waals surface area contributed by atoms with Gasteiger partial charge in [-0.05, 0) is 62.2 Å². The molecule has 174 valence electrons. The fourth-order valence-corrected chi connectivity index (χ4v) is 4.97. The molecule has 2 N–H and O–H groups in total. The summed E-state index contributed by atoms with van der Waals surface area (Å²) < 4.78 is 5.40. The first-order valence-electron chi connectivity index (χ1n) is 11.4. The molecule has 1 aliphatic carbocycles. The molecule has 30 heavy (non-hydrogen) atoms. The van der Waals surface area contributed by atoms with Crippen molar-refractivity contribution in [2.24, 2.45) is 22.2 Å². The maximum absolute atomic E-state index is 13.6. The number of nitrogens with one attached hydrogen (secondary N) is 1. The van der Waals surface area contributed by atoms with Crippen molar-refractivity contribution in [3.05, 3.63) is 0 Å². The zero-order valence-electron chi connectivity index (χ0n) is 20.6. The first kappa shape index (κ1) is 25.0. The molecule has 1 saturated heterocycles. The molecule has 0 radical (unpaired) electrons. The van der Waals surface area contributed by atoms with E-state index in [9.17, 15) is 14.7 Å². The molecule has 0 bridgehead atoms. The highest BCUT2D eigenvalue weighted by molar-refractivity contribution is 5.87. The van der Waals surface area contributed by atoms with Gasteiger partial charge in [-0.15, -0.1) is 0 Å². The van der Waals surface area contributed by atoms with Gasteiger partial charge in [0.15, 0.2) is 0 Å². The van der Waals surface area contributed by atoms with E-state index in [1.54, 1.807) is 20.8 Å². The van der Waals surface area contributed by atoms with Gasteiger partial charge >= 0.3 is 6.09 Å². The Morgan fingerprint density at radius 2 is 1.70 bits per heavy atom. The summed E-state index contributed by atoms with van der Waals surface area (Å²) in [6, 6.07) is -0.932. The van der Waals surface area contributed by atoms with Gasteiger partial charge in [-0.1, -0.05) is 48.0 Å². The summed E-state index contributed by atoms with van der Waals surface area (Å²) in [7, 11) is 0. The third-order valence-electron chi connectivity index (χ3n) is 7.72. The van der Waals surface area contributed by atoms with E-state index in [0.29, 0.717) is 12.5 Å². The third kappa shape index (κ3) is 5.12. The molecule has 0 aromatic rings. The van der Waals surface area contributed by atoms with Gasteiger partial charge in [0.2, 0.25) is 5.91 Å². The van der Waals surface area contributed by atoms with Gasteiger partial charge in [0.25, 0.3) is 0 Å². The number of aliphatic hydroxyl groups is 1. The predicted molar refractivity (Wildman–Crippen MR) is 119 cm³/mol. The molecule has 2 aliphatic rings. The lowest BCUT2D eigenvalue weighted by molar-refractivity contribution is -0.138. The quantitative estimate of drug-likeness (QED) is 0.688. The maximum atomic E-state index is 13.6. The number of nitrogens with zero attached hydrogens (tertiary/aromatic N) is 1. The smallest absolute Gasteiger partial charge is 0.408 e. The Bertz CT molecular complexity index is 641. The van der Waals surface area contributed by atoms with Crippen molar-refractivity contribution in [2.45, 2.75) is 106 Å². The zero-order chi connectivity index (χ0) is 23.1. The fraction of sp³-hybridized carbons (Fsp3) is 0.917. The number of hydrogen-bond donors (Lipinski definition) is 2. The van der Waals surface area contributed by atoms with Crippen molar-refractivity contribution >= 4 is 12.0 Å². The molecular weight excluding hydrogens is 380 g/mol. The fourth-order valence-electron chi connectivity index (χ4n) is 4.97. The lowest BCUT2D eigenvalue weighted by Crippen LogP contribution is -2.57. The van der Waals surface area contributed by atoms with Gasteiger partial charge < -0.3 is 20.1 Å². The Morgan fingerprint density at radius 1 is 1.13 bits per heavy atom. The van der Waals surface area contributed by atoms with Crippen molar-refractivity contribution in [1.29, 1.82) is 0 Å². The molecule has 0 spiro atoms. The third-order valence-corrected chi connectivity index (χ3v) is 7.72. The summed E-state index contributed by atoms with van der Waals surface area (Å²) in [4.78, 5) is 27.9. The molecular formula is C24H44N2O4. The Hall–Kier alpha value is -1.30. The topological polar surface area (TPSA) is 78.9 Å². The van der Waals surface area contributed by atoms with E-state index in [2.05, 4.69) is 26.1 Å². The number of carbonyl (C=O) groups is 2. The van der Waals surface area contributed by atoms with Crippen LogP contribution in [0.3, 0.4) is 0 Å². The van der Waals surface area contributed by atoms with Crippen molar-refractivity contribution in [2.75, 3.05) is 13.2 Å². The molecule has 3 atom stereocenters. The zero-order valence-corrected chi connectivity index (χ0v) is 20.6. The van der Waals surface area contributed by atoms with E-state index in [1.807, 2.05) is 25.7 Å². The molecule has 2 amide bonds. The van der Waals surface area contributed by atoms with Crippen LogP contribution in [0.5, 0.6) is 0 Å². The van der Waals surface area contributed by atoms with Gasteiger partial charge in [0.05, 0.1) is 12.6 Å². The van der Waals surface area contributed by atoms with Gasteiger partial charge in [-0.3, -0.25) is 4.79 Å². The van der Waals surface area contributed by atoms with Crippen LogP contribution in [0.4, 0.5) is 4.79 Å². The number of carbonyl (C=O) groups excluding carboxylic acids is 2. The minimum atomic E-state index is -0.720. The first-order valence-corrected chi connectivity index (χ1v) is 11.4. The van der Waals surface area contributed by atoms with E-state index in [1.165, 1.54) is 19.3 Å². The predicted octanol–water partition coefficient (Wildman–Crippen LogP) is 4.35. The van der Waals surface area contributed by atoms with Crippen LogP contribution in [-0.4, -0.2) is 52.8 Å². The monoisotopic (exact) mass is 424 g/mol. The van der Waals surface area contributed by atoms with Crippen molar-refractivity contribution in [3.8, 4) is 0 Å². The Labute approximate surface area is 183 Å². The summed E-state index contributed by atoms with van der Waals surface area (Å²) in [6.45, 7) is 18.8. The lowest BCUT2D eigenvalue weighted by Gasteiger charge is -2.54. The molecule has 1 heterocycles. The maximum Gasteiger partial charge on any atom is 0.408 e. The number of amides is 2. The molecule has 6 nitrogen and oxygen atoms in total. The SMILES string of the molecule is CC(C)(C)OC(=O)N[C@H](C(=O)N1CC(C(C)(C)C2(C)CCC2)C[C@H]1CO)C(C)(C)C. The van der Waals surface area contributed by atoms with Crippen LogP contribution in [0.2, 0.25) is 0 Å². The Morgan fingerprint density at radius 3 is 2.10 bits per heavy atom. The molecule has 2 rings (SSSR count). The average molecular weight is 425 g/mol. The molecule has 0 aromatic heterocycles. The molecule has 1 aliphatic heterocycles. The van der Waals surface area contributed by atoms with E-state index in [4.69, 9.17) is 4.74 Å². The average Bonchev–Trinajstić information content (AvgIpc) is 2.99. The van der Waals surface area contributed by atoms with Crippen molar-refractivity contribution in [3.63, 3.8) is 0 Å². The number of hydrogen-bond acceptors (Lipinski definition) is 4. The molecule has 2 fully saturated rings. The highest BCUT2D eigenvalue weighted by Gasteiger charge is 2.53. The number of ether oxygens (including phenoxy) is 1. The molecule has 1 unspecified atom stereocenters. The van der Waals surface area contributed by atoms with E-state index >= 15 is 0 Å². The number of aliphatic hydroxyl groups excluding tert-OH is 1. The highest BCUT2D eigenvalue weighted by Crippen LogP contribution is 2.58. The van der Waals surface area contributed by atoms with E-state index in [0.717, 1.165) is 6.42 Å². The second-order valence-corrected chi connectivity index (χ2v) is 12.3. The largest absolute Gasteiger partial charge is 0.444 e. The normalized spacial score (nSPS) is 25.5. The summed E-state index contributed by atoms with van der Waals surface area (Å²) in [6.07, 6.45) is 3.92. The van der Waals surface area contributed by atoms with Crippen LogP contribution < -0.4 is 5.32 Å². The molecule has 6 heteroatoms. The highest BCUT2D eigenvalue weighted by atomic mass is 16.6. The summed E-state index contributed by atoms with van der Waals surface area (Å²) >= 11 is 0. The van der Waals surface area contributed by atoms with Crippen LogP contribution >= 0.6 is 0 Å². The van der Waals surface area contributed by atoms with Crippen molar-refractivity contribution in [1.82, 2.24) is 10.2 Å². The summed E-state index contributed by atoms with van der Waals surface area (Å²) in [5, 5.41) is 12.9. The van der Waals surface area contributed by atoms with Gasteiger partial charge in [-0.2, -0.15) is 0 Å². The second kappa shape index (κ2) is 8.33. The standard InChI is InChI=1S/C24H44N2O4/c1-21(2,3)18(25-20(29)30-22(4,5)6)19(28)26-14-16(13-17(26)15-27)23(7,8)24(9)11-10-12-24/h16-18,27H,10-15H2,1-9H3,(H,25,29)/t16?,17-,18+/m0/s1. The molecule has 0 aromatic carbocycles. The minimum absolute atomic E-state index is 0.0572. The number of rotatable bonds is 5. The van der Waals surface area contributed by atoms with E-state index < -0.39 is 23.2 Å². The minimum Gasteiger partial charge on any atom is -0.444 e. The summed E-state index contributed by atoms with van der Waals surface area (Å²) in [5.41, 5.74) is -0.746. The van der Waals surface area contributed by atoms with Crippen LogP contribution in [-0.2, 0) is 9.53 Å². The second-order valence-electron chi connectivity index (χ2n) is 12.3. The van der Waals surface area contributed by atoms with Gasteiger partial charge in [-0.25, -0.2) is 4.79 Å². The van der Waals surface area contributed by atoms with Crippen LogP contribution in [0.1, 0.15) is 88.0 Å². The van der Waals surface area contributed by atoms with Crippen LogP contribution in [0, 0.1) is 22.2 Å². The Balaban J connectivity index is 2.21. The number of alkyl carbamates (subject to hydrolysis) is 1. The van der Waals surface area contributed by atoms with Gasteiger partial charge in [0.1, 0.15) is 11.6 Å². The molecule has 1 saturated carbocycles. The Kier molecular flexibility index (Phi) is 6.93. The van der Waals surface area contributed by atoms with E-state index in [-0.39, 0.29) is 29.4 Å². The van der Waals surface area contributed by atoms with Crippen LogP contribution in [0.15, 0.2) is 0 Å². The lowest BCUT2D eigenvalue weighted by atomic mass is 9.51. The van der Waals surface area contributed by atoms with Crippen molar-refractivity contribution < 1.29 is 19.4 Å². The van der Waals surface area contributed by atoms with Crippen LogP contribution in [0.25, 0.3) is 0 Å². The number of likely N-dealkylation sites (tertiary alicyclic amines) is 1. The summed E-state index contributed by atoms with van der Waals surface area (Å²) in [5.74, 6) is 0.190. The first-order chi connectivity index (χ1) is 13.5.